The highest BCUT2D eigenvalue weighted by Gasteiger charge is 2.18. The van der Waals surface area contributed by atoms with Gasteiger partial charge in [-0.1, -0.05) is 11.6 Å². The number of nitrogens with zero attached hydrogens (tertiary/aromatic N) is 4. The molecule has 2 heterocycles. The first-order valence-corrected chi connectivity index (χ1v) is 8.18. The number of amides is 1. The standard InChI is InChI=1S/C17H14ClN5O4/c1-11(22-10-12(18)8-20-22)17(24)21-13-5-14(23(25)26)7-16(6-13)27-15-3-2-4-19-9-15/h2-11H,1H3,(H,21,24). The number of nitro benzene ring substituents is 1. The monoisotopic (exact) mass is 387 g/mol. The molecule has 10 heteroatoms. The predicted molar refractivity (Wildman–Crippen MR) is 98.0 cm³/mol. The van der Waals surface area contributed by atoms with Gasteiger partial charge in [-0.2, -0.15) is 5.10 Å². The van der Waals surface area contributed by atoms with Crippen molar-refractivity contribution in [3.8, 4) is 11.5 Å². The summed E-state index contributed by atoms with van der Waals surface area (Å²) in [6.45, 7) is 1.63. The maximum absolute atomic E-state index is 12.4. The summed E-state index contributed by atoms with van der Waals surface area (Å²) in [5, 5.41) is 18.2. The maximum atomic E-state index is 12.4. The minimum absolute atomic E-state index is 0.197. The van der Waals surface area contributed by atoms with Crippen molar-refractivity contribution in [1.29, 1.82) is 0 Å². The highest BCUT2D eigenvalue weighted by Crippen LogP contribution is 2.29. The third kappa shape index (κ3) is 4.59. The van der Waals surface area contributed by atoms with Crippen molar-refractivity contribution in [2.75, 3.05) is 5.32 Å². The van der Waals surface area contributed by atoms with Gasteiger partial charge in [0.2, 0.25) is 5.91 Å². The Kier molecular flexibility index (Phi) is 5.32. The normalized spacial score (nSPS) is 11.6. The number of carbonyl (C=O) groups excluding carboxylic acids is 1. The summed E-state index contributed by atoms with van der Waals surface area (Å²) in [6.07, 6.45) is 5.98. The summed E-state index contributed by atoms with van der Waals surface area (Å²) in [7, 11) is 0. The summed E-state index contributed by atoms with van der Waals surface area (Å²) < 4.78 is 6.98. The highest BCUT2D eigenvalue weighted by atomic mass is 35.5. The molecule has 0 spiro atoms. The number of anilines is 1. The zero-order chi connectivity index (χ0) is 19.4. The zero-order valence-corrected chi connectivity index (χ0v) is 14.8. The van der Waals surface area contributed by atoms with Crippen molar-refractivity contribution in [3.05, 3.63) is 70.3 Å². The number of non-ortho nitro benzene ring substituents is 1. The van der Waals surface area contributed by atoms with Crippen LogP contribution in [0.5, 0.6) is 11.5 Å². The Balaban J connectivity index is 1.83. The third-order valence-electron chi connectivity index (χ3n) is 3.59. The van der Waals surface area contributed by atoms with Crippen LogP contribution in [0.15, 0.2) is 55.1 Å². The number of carbonyl (C=O) groups is 1. The molecule has 0 radical (unpaired) electrons. The molecule has 0 fully saturated rings. The van der Waals surface area contributed by atoms with E-state index in [1.807, 2.05) is 0 Å². The topological polar surface area (TPSA) is 112 Å². The zero-order valence-electron chi connectivity index (χ0n) is 14.1. The summed E-state index contributed by atoms with van der Waals surface area (Å²) in [5.74, 6) is 0.194. The molecule has 1 aromatic carbocycles. The molecule has 0 saturated heterocycles. The van der Waals surface area contributed by atoms with Crippen LogP contribution < -0.4 is 10.1 Å². The number of benzene rings is 1. The molecule has 3 aromatic rings. The number of hydrogen-bond acceptors (Lipinski definition) is 6. The van der Waals surface area contributed by atoms with Gasteiger partial charge in [-0.05, 0) is 19.1 Å². The number of hydrogen-bond donors (Lipinski definition) is 1. The summed E-state index contributed by atoms with van der Waals surface area (Å²) >= 11 is 5.81. The second kappa shape index (κ2) is 7.83. The molecule has 0 aliphatic carbocycles. The third-order valence-corrected chi connectivity index (χ3v) is 3.78. The lowest BCUT2D eigenvalue weighted by Crippen LogP contribution is -2.24. The van der Waals surface area contributed by atoms with Crippen LogP contribution in [0.3, 0.4) is 0 Å². The van der Waals surface area contributed by atoms with Crippen LogP contribution >= 0.6 is 11.6 Å². The van der Waals surface area contributed by atoms with Crippen LogP contribution in [0.2, 0.25) is 5.02 Å². The van der Waals surface area contributed by atoms with Crippen molar-refractivity contribution in [2.45, 2.75) is 13.0 Å². The van der Waals surface area contributed by atoms with Gasteiger partial charge in [0, 0.05) is 24.5 Å². The largest absolute Gasteiger partial charge is 0.455 e. The summed E-state index contributed by atoms with van der Waals surface area (Å²) in [6, 6.07) is 6.66. The van der Waals surface area contributed by atoms with Crippen molar-refractivity contribution in [3.63, 3.8) is 0 Å². The fourth-order valence-corrected chi connectivity index (χ4v) is 2.40. The van der Waals surface area contributed by atoms with E-state index in [0.717, 1.165) is 0 Å². The van der Waals surface area contributed by atoms with E-state index in [2.05, 4.69) is 15.4 Å². The van der Waals surface area contributed by atoms with E-state index in [1.165, 1.54) is 41.5 Å². The lowest BCUT2D eigenvalue weighted by molar-refractivity contribution is -0.384. The smallest absolute Gasteiger partial charge is 0.275 e. The van der Waals surface area contributed by atoms with E-state index in [4.69, 9.17) is 16.3 Å². The molecule has 1 unspecified atom stereocenters. The summed E-state index contributed by atoms with van der Waals surface area (Å²) in [4.78, 5) is 27.0. The van der Waals surface area contributed by atoms with Crippen LogP contribution in [0.25, 0.3) is 0 Å². The van der Waals surface area contributed by atoms with Crippen molar-refractivity contribution in [1.82, 2.24) is 14.8 Å². The number of halogens is 1. The Morgan fingerprint density at radius 2 is 2.15 bits per heavy atom. The van der Waals surface area contributed by atoms with E-state index in [1.54, 1.807) is 25.3 Å². The molecule has 138 valence electrons. The minimum Gasteiger partial charge on any atom is -0.455 e. The number of nitrogens with one attached hydrogen (secondary N) is 1. The fourth-order valence-electron chi connectivity index (χ4n) is 2.26. The van der Waals surface area contributed by atoms with Crippen molar-refractivity contribution in [2.24, 2.45) is 0 Å². The number of ether oxygens (including phenoxy) is 1. The number of pyridine rings is 1. The van der Waals surface area contributed by atoms with Gasteiger partial charge < -0.3 is 10.1 Å². The van der Waals surface area contributed by atoms with Crippen LogP contribution in [0.1, 0.15) is 13.0 Å². The van der Waals surface area contributed by atoms with E-state index in [9.17, 15) is 14.9 Å². The van der Waals surface area contributed by atoms with Gasteiger partial charge in [0.15, 0.2) is 0 Å². The maximum Gasteiger partial charge on any atom is 0.275 e. The Hall–Kier alpha value is -3.46. The summed E-state index contributed by atoms with van der Waals surface area (Å²) in [5.41, 5.74) is -0.000305. The first-order chi connectivity index (χ1) is 12.9. The SMILES string of the molecule is CC(C(=O)Nc1cc(Oc2cccnc2)cc([N+](=O)[O-])c1)n1cc(Cl)cn1. The van der Waals surface area contributed by atoms with Crippen LogP contribution in [-0.2, 0) is 4.79 Å². The Morgan fingerprint density at radius 1 is 1.33 bits per heavy atom. The van der Waals surface area contributed by atoms with Gasteiger partial charge in [-0.15, -0.1) is 0 Å². The van der Waals surface area contributed by atoms with Crippen LogP contribution in [-0.4, -0.2) is 25.6 Å². The van der Waals surface area contributed by atoms with Crippen molar-refractivity contribution >= 4 is 28.9 Å². The molecule has 2 aromatic heterocycles. The molecule has 9 nitrogen and oxygen atoms in total. The Bertz CT molecular complexity index is 976. The molecule has 27 heavy (non-hydrogen) atoms. The Morgan fingerprint density at radius 3 is 2.78 bits per heavy atom. The molecule has 0 aliphatic heterocycles. The van der Waals surface area contributed by atoms with Crippen LogP contribution in [0.4, 0.5) is 11.4 Å². The first kappa shape index (κ1) is 18.3. The van der Waals surface area contributed by atoms with Gasteiger partial charge in [0.25, 0.3) is 5.69 Å². The van der Waals surface area contributed by atoms with Crippen molar-refractivity contribution < 1.29 is 14.5 Å². The van der Waals surface area contributed by atoms with E-state index in [0.29, 0.717) is 10.8 Å². The number of aromatic nitrogens is 3. The average molecular weight is 388 g/mol. The molecular weight excluding hydrogens is 374 g/mol. The number of nitro groups is 1. The van der Waals surface area contributed by atoms with Crippen LogP contribution in [0, 0.1) is 10.1 Å². The molecule has 0 aliphatic rings. The molecule has 0 bridgehead atoms. The van der Waals surface area contributed by atoms with E-state index in [-0.39, 0.29) is 17.1 Å². The first-order valence-electron chi connectivity index (χ1n) is 7.80. The van der Waals surface area contributed by atoms with Gasteiger partial charge in [0.05, 0.1) is 34.1 Å². The van der Waals surface area contributed by atoms with Gasteiger partial charge in [-0.3, -0.25) is 24.6 Å². The quantitative estimate of drug-likeness (QED) is 0.508. The molecule has 1 amide bonds. The van der Waals surface area contributed by atoms with Gasteiger partial charge >= 0.3 is 0 Å². The second-order valence-corrected chi connectivity index (χ2v) is 6.00. The molecule has 3 rings (SSSR count). The molecular formula is C17H14ClN5O4. The fraction of sp³-hybridized carbons (Fsp3) is 0.118. The average Bonchev–Trinajstić information content (AvgIpc) is 3.08. The molecule has 1 atom stereocenters. The highest BCUT2D eigenvalue weighted by molar-refractivity contribution is 6.30. The lowest BCUT2D eigenvalue weighted by Gasteiger charge is -2.13. The molecule has 1 N–H and O–H groups in total. The number of rotatable bonds is 6. The van der Waals surface area contributed by atoms with E-state index < -0.39 is 16.9 Å². The predicted octanol–water partition coefficient (Wildman–Crippen LogP) is 3.83. The molecule has 0 saturated carbocycles. The lowest BCUT2D eigenvalue weighted by atomic mass is 10.2. The van der Waals surface area contributed by atoms with Gasteiger partial charge in [0.1, 0.15) is 17.5 Å². The van der Waals surface area contributed by atoms with Gasteiger partial charge in [-0.25, -0.2) is 0 Å². The second-order valence-electron chi connectivity index (χ2n) is 5.57. The van der Waals surface area contributed by atoms with E-state index >= 15 is 0 Å². The Labute approximate surface area is 158 Å². The minimum atomic E-state index is -0.667.